The summed E-state index contributed by atoms with van der Waals surface area (Å²) in [4.78, 5) is 2.63. The van der Waals surface area contributed by atoms with Crippen molar-refractivity contribution in [1.29, 1.82) is 0 Å². The molecule has 0 spiro atoms. The smallest absolute Gasteiger partial charge is 0.0349 e. The topological polar surface area (TPSA) is 15.3 Å². The molecule has 1 saturated heterocycles. The van der Waals surface area contributed by atoms with Gasteiger partial charge in [-0.05, 0) is 46.7 Å². The van der Waals surface area contributed by atoms with Crippen molar-refractivity contribution in [3.8, 4) is 0 Å². The Balaban J connectivity index is 2.12. The van der Waals surface area contributed by atoms with Gasteiger partial charge in [0.1, 0.15) is 0 Å². The van der Waals surface area contributed by atoms with Crippen LogP contribution in [0.25, 0.3) is 0 Å². The van der Waals surface area contributed by atoms with Crippen LogP contribution in [-0.2, 0) is 0 Å². The summed E-state index contributed by atoms with van der Waals surface area (Å²) in [6.07, 6.45) is 2.52. The van der Waals surface area contributed by atoms with Crippen LogP contribution in [0.15, 0.2) is 24.3 Å². The highest BCUT2D eigenvalue weighted by molar-refractivity contribution is 14.1. The van der Waals surface area contributed by atoms with E-state index in [-0.39, 0.29) is 0 Å². The highest BCUT2D eigenvalue weighted by Gasteiger charge is 2.20. The van der Waals surface area contributed by atoms with E-state index in [0.717, 1.165) is 13.1 Å². The third kappa shape index (κ3) is 3.66. The second-order valence-corrected chi connectivity index (χ2v) is 5.89. The van der Waals surface area contributed by atoms with Gasteiger partial charge in [-0.3, -0.25) is 4.90 Å². The molecule has 0 aliphatic carbocycles. The Bertz CT molecular complexity index is 331. The van der Waals surface area contributed by atoms with Gasteiger partial charge in [0, 0.05) is 35.8 Å². The highest BCUT2D eigenvalue weighted by atomic mass is 127. The van der Waals surface area contributed by atoms with E-state index in [1.54, 1.807) is 0 Å². The molecule has 0 aromatic heterocycles. The quantitative estimate of drug-likeness (QED) is 0.845. The number of hydrogen-bond donors (Lipinski definition) is 1. The molecule has 1 fully saturated rings. The van der Waals surface area contributed by atoms with E-state index in [4.69, 9.17) is 0 Å². The van der Waals surface area contributed by atoms with E-state index < -0.39 is 0 Å². The Morgan fingerprint density at radius 2 is 1.88 bits per heavy atom. The fraction of sp³-hybridized carbons (Fsp3) is 0.571. The van der Waals surface area contributed by atoms with Crippen LogP contribution in [0.3, 0.4) is 0 Å². The zero-order valence-corrected chi connectivity index (χ0v) is 12.6. The van der Waals surface area contributed by atoms with Crippen molar-refractivity contribution in [2.45, 2.75) is 25.8 Å². The summed E-state index contributed by atoms with van der Waals surface area (Å²) in [5.41, 5.74) is 1.48. The van der Waals surface area contributed by atoms with Gasteiger partial charge < -0.3 is 5.32 Å². The van der Waals surface area contributed by atoms with Gasteiger partial charge in [0.15, 0.2) is 0 Å². The zero-order chi connectivity index (χ0) is 12.1. The number of benzene rings is 1. The minimum Gasteiger partial charge on any atom is -0.314 e. The molecule has 1 atom stereocenters. The van der Waals surface area contributed by atoms with Crippen LogP contribution in [0.4, 0.5) is 0 Å². The van der Waals surface area contributed by atoms with Crippen LogP contribution in [0.1, 0.15) is 31.4 Å². The van der Waals surface area contributed by atoms with E-state index in [2.05, 4.69) is 64.0 Å². The summed E-state index contributed by atoms with van der Waals surface area (Å²) in [5, 5.41) is 3.43. The standard InChI is InChI=1S/C14H21IN2/c1-2-3-14(17-10-8-16-9-11-17)12-4-6-13(15)7-5-12/h4-7,14,16H,2-3,8-11H2,1H3/t14-/m0/s1. The Labute approximate surface area is 118 Å². The number of rotatable bonds is 4. The van der Waals surface area contributed by atoms with Crippen LogP contribution in [-0.4, -0.2) is 31.1 Å². The van der Waals surface area contributed by atoms with Crippen LogP contribution >= 0.6 is 22.6 Å². The second-order valence-electron chi connectivity index (χ2n) is 4.64. The molecule has 1 aliphatic rings. The molecular formula is C14H21IN2. The van der Waals surface area contributed by atoms with Crippen LogP contribution in [0.5, 0.6) is 0 Å². The monoisotopic (exact) mass is 344 g/mol. The maximum atomic E-state index is 3.43. The first-order valence-electron chi connectivity index (χ1n) is 6.51. The minimum atomic E-state index is 0.610. The van der Waals surface area contributed by atoms with Crippen molar-refractivity contribution < 1.29 is 0 Å². The Morgan fingerprint density at radius 3 is 2.47 bits per heavy atom. The largest absolute Gasteiger partial charge is 0.314 e. The van der Waals surface area contributed by atoms with Crippen molar-refractivity contribution in [2.24, 2.45) is 0 Å². The van der Waals surface area contributed by atoms with E-state index in [1.165, 1.54) is 35.1 Å². The number of piperazine rings is 1. The van der Waals surface area contributed by atoms with E-state index in [0.29, 0.717) is 6.04 Å². The average Bonchev–Trinajstić information content (AvgIpc) is 2.38. The van der Waals surface area contributed by atoms with Gasteiger partial charge in [0.2, 0.25) is 0 Å². The first-order valence-corrected chi connectivity index (χ1v) is 7.59. The number of nitrogens with zero attached hydrogens (tertiary/aromatic N) is 1. The summed E-state index contributed by atoms with van der Waals surface area (Å²) >= 11 is 2.37. The molecule has 0 radical (unpaired) electrons. The molecular weight excluding hydrogens is 323 g/mol. The molecule has 0 saturated carbocycles. The van der Waals surface area contributed by atoms with Gasteiger partial charge in [-0.2, -0.15) is 0 Å². The molecule has 1 aromatic carbocycles. The summed E-state index contributed by atoms with van der Waals surface area (Å²) in [5.74, 6) is 0. The van der Waals surface area contributed by atoms with Crippen LogP contribution < -0.4 is 5.32 Å². The molecule has 3 heteroatoms. The first kappa shape index (κ1) is 13.3. The molecule has 1 aliphatic heterocycles. The van der Waals surface area contributed by atoms with Crippen molar-refractivity contribution in [1.82, 2.24) is 10.2 Å². The van der Waals surface area contributed by atoms with E-state index in [9.17, 15) is 0 Å². The summed E-state index contributed by atoms with van der Waals surface area (Å²) < 4.78 is 1.32. The molecule has 0 unspecified atom stereocenters. The summed E-state index contributed by atoms with van der Waals surface area (Å²) in [6, 6.07) is 9.65. The third-order valence-electron chi connectivity index (χ3n) is 3.41. The summed E-state index contributed by atoms with van der Waals surface area (Å²) in [6.45, 7) is 6.89. The second kappa shape index (κ2) is 6.71. The lowest BCUT2D eigenvalue weighted by atomic mass is 10.00. The van der Waals surface area contributed by atoms with Crippen molar-refractivity contribution in [2.75, 3.05) is 26.2 Å². The molecule has 1 aromatic rings. The SMILES string of the molecule is CCC[C@@H](c1ccc(I)cc1)N1CCNCC1. The van der Waals surface area contributed by atoms with Gasteiger partial charge in [-0.1, -0.05) is 25.5 Å². The minimum absolute atomic E-state index is 0.610. The average molecular weight is 344 g/mol. The van der Waals surface area contributed by atoms with Gasteiger partial charge in [-0.25, -0.2) is 0 Å². The Morgan fingerprint density at radius 1 is 1.24 bits per heavy atom. The van der Waals surface area contributed by atoms with E-state index in [1.807, 2.05) is 0 Å². The number of halogens is 1. The maximum Gasteiger partial charge on any atom is 0.0349 e. The van der Waals surface area contributed by atoms with Crippen molar-refractivity contribution >= 4 is 22.6 Å². The van der Waals surface area contributed by atoms with Gasteiger partial charge in [0.05, 0.1) is 0 Å². The predicted molar refractivity (Wildman–Crippen MR) is 81.3 cm³/mol. The lowest BCUT2D eigenvalue weighted by Crippen LogP contribution is -2.45. The zero-order valence-electron chi connectivity index (χ0n) is 10.5. The van der Waals surface area contributed by atoms with Gasteiger partial charge in [0.25, 0.3) is 0 Å². The molecule has 2 rings (SSSR count). The van der Waals surface area contributed by atoms with Gasteiger partial charge in [-0.15, -0.1) is 0 Å². The third-order valence-corrected chi connectivity index (χ3v) is 4.13. The molecule has 94 valence electrons. The highest BCUT2D eigenvalue weighted by Crippen LogP contribution is 2.26. The molecule has 1 N–H and O–H groups in total. The number of hydrogen-bond acceptors (Lipinski definition) is 2. The molecule has 17 heavy (non-hydrogen) atoms. The molecule has 2 nitrogen and oxygen atoms in total. The van der Waals surface area contributed by atoms with Crippen LogP contribution in [0.2, 0.25) is 0 Å². The fourth-order valence-corrected chi connectivity index (χ4v) is 2.87. The molecule has 0 amide bonds. The van der Waals surface area contributed by atoms with Crippen molar-refractivity contribution in [3.05, 3.63) is 33.4 Å². The molecule has 1 heterocycles. The van der Waals surface area contributed by atoms with Crippen LogP contribution in [0, 0.1) is 3.57 Å². The van der Waals surface area contributed by atoms with Gasteiger partial charge >= 0.3 is 0 Å². The normalized spacial score (nSPS) is 19.2. The lowest BCUT2D eigenvalue weighted by molar-refractivity contribution is 0.164. The molecule has 0 bridgehead atoms. The Kier molecular flexibility index (Phi) is 5.25. The number of nitrogens with one attached hydrogen (secondary N) is 1. The lowest BCUT2D eigenvalue weighted by Gasteiger charge is -2.35. The maximum absolute atomic E-state index is 3.43. The summed E-state index contributed by atoms with van der Waals surface area (Å²) in [7, 11) is 0. The first-order chi connectivity index (χ1) is 8.31. The Hall–Kier alpha value is -0.130. The van der Waals surface area contributed by atoms with E-state index >= 15 is 0 Å². The predicted octanol–water partition coefficient (Wildman–Crippen LogP) is 3.04. The van der Waals surface area contributed by atoms with Crippen molar-refractivity contribution in [3.63, 3.8) is 0 Å². The fourth-order valence-electron chi connectivity index (χ4n) is 2.51.